The van der Waals surface area contributed by atoms with E-state index in [0.29, 0.717) is 12.4 Å². The monoisotopic (exact) mass is 364 g/mol. The van der Waals surface area contributed by atoms with Crippen LogP contribution < -0.4 is 0 Å². The molecule has 1 aliphatic heterocycles. The van der Waals surface area contributed by atoms with Gasteiger partial charge in [-0.1, -0.05) is 6.07 Å². The van der Waals surface area contributed by atoms with Crippen LogP contribution in [0.1, 0.15) is 10.6 Å². The summed E-state index contributed by atoms with van der Waals surface area (Å²) in [6.07, 6.45) is 0. The molecule has 24 heavy (non-hydrogen) atoms. The van der Waals surface area contributed by atoms with E-state index in [4.69, 9.17) is 4.74 Å². The maximum atomic E-state index is 12.2. The minimum atomic E-state index is -0.411. The molecular weight excluding hydrogens is 342 g/mol. The third-order valence-electron chi connectivity index (χ3n) is 3.66. The Morgan fingerprint density at radius 3 is 2.92 bits per heavy atom. The van der Waals surface area contributed by atoms with E-state index in [9.17, 15) is 4.79 Å². The number of likely N-dealkylation sites (N-methyl/N-ethyl adjacent to an activating group) is 1. The van der Waals surface area contributed by atoms with Gasteiger partial charge in [0.2, 0.25) is 0 Å². The minimum Gasteiger partial charge on any atom is -0.458 e. The summed E-state index contributed by atoms with van der Waals surface area (Å²) in [5, 5.41) is 1.74. The molecule has 1 aromatic heterocycles. The number of hydrogen-bond donors (Lipinski definition) is 0. The number of carbonyl (C=O) groups is 1. The van der Waals surface area contributed by atoms with E-state index in [1.54, 1.807) is 23.1 Å². The van der Waals surface area contributed by atoms with E-state index < -0.39 is 6.04 Å². The number of hydrogen-bond acceptors (Lipinski definition) is 6. The van der Waals surface area contributed by atoms with Crippen LogP contribution in [0.3, 0.4) is 0 Å². The second kappa shape index (κ2) is 6.82. The van der Waals surface area contributed by atoms with E-state index in [0.717, 1.165) is 31.3 Å². The zero-order chi connectivity index (χ0) is 17.3. The van der Waals surface area contributed by atoms with Crippen molar-refractivity contribution in [2.45, 2.75) is 13.0 Å². The number of esters is 1. The fourth-order valence-corrected chi connectivity index (χ4v) is 4.41. The molecule has 128 valence electrons. The lowest BCUT2D eigenvalue weighted by Gasteiger charge is -2.23. The number of benzene rings is 1. The van der Waals surface area contributed by atoms with Gasteiger partial charge in [-0.15, -0.1) is 23.1 Å². The summed E-state index contributed by atoms with van der Waals surface area (Å²) in [5.74, 6) is 0.399. The number of carbonyl (C=O) groups excluding carboxylic acids is 1. The quantitative estimate of drug-likeness (QED) is 0.605. The number of rotatable bonds is 5. The van der Waals surface area contributed by atoms with Crippen molar-refractivity contribution in [2.24, 2.45) is 4.99 Å². The van der Waals surface area contributed by atoms with Gasteiger partial charge < -0.3 is 9.22 Å². The Morgan fingerprint density at radius 1 is 1.38 bits per heavy atom. The molecule has 0 amide bonds. The fraction of sp³-hybridized carbons (Fsp3) is 0.471. The molecule has 0 spiro atoms. The summed E-state index contributed by atoms with van der Waals surface area (Å²) >= 11 is 3.21. The van der Waals surface area contributed by atoms with Crippen LogP contribution in [0.4, 0.5) is 0 Å². The molecular formula is C17H22N3O2S2+. The average molecular weight is 365 g/mol. The van der Waals surface area contributed by atoms with E-state index in [1.807, 2.05) is 6.07 Å². The topological polar surface area (TPSA) is 51.5 Å². The summed E-state index contributed by atoms with van der Waals surface area (Å²) in [4.78, 5) is 21.3. The van der Waals surface area contributed by atoms with E-state index in [1.165, 1.54) is 5.56 Å². The van der Waals surface area contributed by atoms with Gasteiger partial charge in [0.25, 0.3) is 0 Å². The van der Waals surface area contributed by atoms with Crippen LogP contribution >= 0.6 is 23.1 Å². The average Bonchev–Trinajstić information content (AvgIpc) is 3.11. The first-order valence-corrected chi connectivity index (χ1v) is 9.67. The molecule has 1 aliphatic rings. The highest BCUT2D eigenvalue weighted by molar-refractivity contribution is 8.15. The summed E-state index contributed by atoms with van der Waals surface area (Å²) in [6.45, 7) is 3.29. The molecule has 0 radical (unpaired) electrons. The van der Waals surface area contributed by atoms with Gasteiger partial charge >= 0.3 is 5.97 Å². The van der Waals surface area contributed by atoms with Gasteiger partial charge in [-0.25, -0.2) is 9.78 Å². The standard InChI is InChI=1S/C17H22N3O2S2/c1-11-5-6-12-14(9-11)24-16(18-12)15-19-13(10-23-15)17(21)22-8-7-20(2,3)4/h5-6,9,13H,7-8,10H2,1-4H3/q+1/t13-/m1/s1. The maximum absolute atomic E-state index is 12.2. The van der Waals surface area contributed by atoms with Crippen molar-refractivity contribution >= 4 is 44.3 Å². The van der Waals surface area contributed by atoms with Crippen molar-refractivity contribution in [1.29, 1.82) is 0 Å². The van der Waals surface area contributed by atoms with E-state index in [-0.39, 0.29) is 5.97 Å². The summed E-state index contributed by atoms with van der Waals surface area (Å²) in [5.41, 5.74) is 2.20. The van der Waals surface area contributed by atoms with Crippen LogP contribution in [0.5, 0.6) is 0 Å². The molecule has 5 nitrogen and oxygen atoms in total. The van der Waals surface area contributed by atoms with E-state index in [2.05, 4.69) is 50.2 Å². The lowest BCUT2D eigenvalue weighted by Crippen LogP contribution is -2.38. The highest BCUT2D eigenvalue weighted by Gasteiger charge is 2.28. The van der Waals surface area contributed by atoms with Crippen LogP contribution in [0.25, 0.3) is 10.2 Å². The smallest absolute Gasteiger partial charge is 0.332 e. The molecule has 1 aromatic carbocycles. The number of nitrogens with zero attached hydrogens (tertiary/aromatic N) is 3. The number of thioether (sulfide) groups is 1. The normalized spacial score (nSPS) is 18.0. The Balaban J connectivity index is 1.67. The number of aliphatic imine (C=N–C) groups is 1. The molecule has 3 rings (SSSR count). The predicted molar refractivity (Wildman–Crippen MR) is 101 cm³/mol. The Bertz CT molecular complexity index is 793. The Labute approximate surface area is 150 Å². The third-order valence-corrected chi connectivity index (χ3v) is 5.87. The van der Waals surface area contributed by atoms with Crippen LogP contribution in [0.2, 0.25) is 0 Å². The zero-order valence-electron chi connectivity index (χ0n) is 14.4. The molecule has 0 bridgehead atoms. The van der Waals surface area contributed by atoms with Gasteiger partial charge in [0.15, 0.2) is 6.04 Å². The van der Waals surface area contributed by atoms with Gasteiger partial charge in [0, 0.05) is 5.75 Å². The van der Waals surface area contributed by atoms with Gasteiger partial charge in [0.05, 0.1) is 31.4 Å². The zero-order valence-corrected chi connectivity index (χ0v) is 16.0. The van der Waals surface area contributed by atoms with E-state index >= 15 is 0 Å². The highest BCUT2D eigenvalue weighted by atomic mass is 32.2. The van der Waals surface area contributed by atoms with Crippen molar-refractivity contribution in [1.82, 2.24) is 4.98 Å². The molecule has 0 saturated heterocycles. The molecule has 2 aromatic rings. The van der Waals surface area contributed by atoms with Crippen LogP contribution in [-0.4, -0.2) is 66.6 Å². The molecule has 0 aliphatic carbocycles. The first-order chi connectivity index (χ1) is 11.3. The van der Waals surface area contributed by atoms with Crippen molar-refractivity contribution < 1.29 is 14.0 Å². The molecule has 7 heteroatoms. The van der Waals surface area contributed by atoms with Crippen molar-refractivity contribution in [2.75, 3.05) is 40.0 Å². The first-order valence-electron chi connectivity index (χ1n) is 7.87. The Morgan fingerprint density at radius 2 is 2.17 bits per heavy atom. The molecule has 0 unspecified atom stereocenters. The third kappa shape index (κ3) is 4.15. The Hall–Kier alpha value is -1.44. The highest BCUT2D eigenvalue weighted by Crippen LogP contribution is 2.30. The molecule has 0 fully saturated rings. The minimum absolute atomic E-state index is 0.233. The number of aromatic nitrogens is 1. The summed E-state index contributed by atoms with van der Waals surface area (Å²) in [6, 6.07) is 5.81. The first kappa shape index (κ1) is 17.4. The lowest BCUT2D eigenvalue weighted by atomic mass is 10.2. The number of aryl methyl sites for hydroxylation is 1. The largest absolute Gasteiger partial charge is 0.458 e. The number of quaternary nitrogens is 1. The van der Waals surface area contributed by atoms with Crippen molar-refractivity contribution in [3.8, 4) is 0 Å². The van der Waals surface area contributed by atoms with Crippen LogP contribution in [-0.2, 0) is 9.53 Å². The van der Waals surface area contributed by atoms with Crippen LogP contribution in [0.15, 0.2) is 23.2 Å². The number of ether oxygens (including phenoxy) is 1. The molecule has 0 saturated carbocycles. The SMILES string of the molecule is Cc1ccc2nc(C3=N[C@@H](C(=O)OCC[N+](C)(C)C)CS3)sc2c1. The van der Waals surface area contributed by atoms with Crippen molar-refractivity contribution in [3.63, 3.8) is 0 Å². The molecule has 2 heterocycles. The summed E-state index contributed by atoms with van der Waals surface area (Å²) in [7, 11) is 6.22. The van der Waals surface area contributed by atoms with Crippen molar-refractivity contribution in [3.05, 3.63) is 28.8 Å². The van der Waals surface area contributed by atoms with Crippen LogP contribution in [0, 0.1) is 6.92 Å². The molecule has 1 atom stereocenters. The second-order valence-corrected chi connectivity index (χ2v) is 8.97. The van der Waals surface area contributed by atoms with Gasteiger partial charge in [-0.2, -0.15) is 0 Å². The fourth-order valence-electron chi connectivity index (χ4n) is 2.25. The Kier molecular flexibility index (Phi) is 4.94. The predicted octanol–water partition coefficient (Wildman–Crippen LogP) is 2.72. The van der Waals surface area contributed by atoms with Gasteiger partial charge in [-0.3, -0.25) is 4.99 Å². The maximum Gasteiger partial charge on any atom is 0.332 e. The lowest BCUT2D eigenvalue weighted by molar-refractivity contribution is -0.870. The number of thiazole rings is 1. The van der Waals surface area contributed by atoms with Gasteiger partial charge in [0.1, 0.15) is 23.2 Å². The second-order valence-electron chi connectivity index (χ2n) is 6.93. The van der Waals surface area contributed by atoms with Gasteiger partial charge in [-0.05, 0) is 24.6 Å². The number of fused-ring (bicyclic) bond motifs is 1. The molecule has 0 N–H and O–H groups in total. The summed E-state index contributed by atoms with van der Waals surface area (Å²) < 4.78 is 7.29.